The molecule has 0 aromatic carbocycles. The first-order valence-corrected chi connectivity index (χ1v) is 37.5. The summed E-state index contributed by atoms with van der Waals surface area (Å²) in [6.45, 7) is 14.4. The van der Waals surface area contributed by atoms with E-state index in [2.05, 4.69) is 40.7 Å². The Morgan fingerprint density at radius 3 is 1.55 bits per heavy atom. The highest BCUT2D eigenvalue weighted by molar-refractivity contribution is 5.79. The third-order valence-corrected chi connectivity index (χ3v) is 27.4. The van der Waals surface area contributed by atoms with Crippen molar-refractivity contribution < 1.29 is 173 Å². The molecule has 11 fully saturated rings. The van der Waals surface area contributed by atoms with Gasteiger partial charge in [-0.3, -0.25) is 4.79 Å². The van der Waals surface area contributed by atoms with E-state index >= 15 is 4.79 Å². The Kier molecular flexibility index (Phi) is 24.8. The average Bonchev–Trinajstić information content (AvgIpc) is 0.673. The number of aliphatic hydroxyl groups excluding tert-OH is 20. The molecule has 1 unspecified atom stereocenters. The summed E-state index contributed by atoms with van der Waals surface area (Å²) in [6, 6.07) is 0. The second-order valence-corrected chi connectivity index (χ2v) is 34.1. The van der Waals surface area contributed by atoms with Crippen molar-refractivity contribution in [1.29, 1.82) is 0 Å². The zero-order chi connectivity index (χ0) is 77.3. The first kappa shape index (κ1) is 83.3. The van der Waals surface area contributed by atoms with E-state index in [4.69, 9.17) is 66.3 Å². The summed E-state index contributed by atoms with van der Waals surface area (Å²) in [7, 11) is 0. The van der Waals surface area contributed by atoms with Crippen LogP contribution < -0.4 is 0 Å². The number of ether oxygens (including phenoxy) is 14. The maximum atomic E-state index is 15.6. The number of carbonyl (C=O) groups is 1. The fraction of sp³-hybridized carbons (Fsp3) is 0.958. The predicted molar refractivity (Wildman–Crippen MR) is 352 cm³/mol. The van der Waals surface area contributed by atoms with E-state index in [1.165, 1.54) is 20.8 Å². The van der Waals surface area contributed by atoms with Crippen LogP contribution in [0.15, 0.2) is 11.6 Å². The Balaban J connectivity index is 0.741. The van der Waals surface area contributed by atoms with Crippen molar-refractivity contribution in [3.8, 4) is 0 Å². The third kappa shape index (κ3) is 14.5. The number of esters is 1. The molecule has 20 N–H and O–H groups in total. The molecule has 0 radical (unpaired) electrons. The Bertz CT molecular complexity index is 3010. The maximum Gasteiger partial charge on any atom is 0.315 e. The highest BCUT2D eigenvalue weighted by atomic mass is 16.8. The van der Waals surface area contributed by atoms with Crippen LogP contribution in [0.25, 0.3) is 0 Å². The SMILES string of the molecule is C[C@@H]1O[C@@H](O[C@@H]2[C@@H](O)[C@@H](O[C@@H]3O[C@H](CO)[C@@H](O)[C@H](O)[C@H]3O)[C@H](OC[C@H]3O[C@@H](OC(=O)[C@]45CCC(C)(C)C[C@@H]4C4=CC[C@@H]6[C@@]7(C)CC[C@H](O[C@@H]8OC[C@H](O)[C@H](O)[C@H]8O[C@@H]8O[C@@H](C)[C@H](O)[C@@H](O[C@@H]9O[C@H](CO)[C@@H](O)[C@H](O)[C@H]9O)[C@H]8O)[C@@](C)(CO)C7CC[C@@]6(C)[C@]4(C)CC5)[C@H](O)[C@@H](O)[C@@H]3O)O[C@H]2C)[C@H](O)[C@H](O)[C@H]1O. The minimum absolute atomic E-state index is 0.0300. The van der Waals surface area contributed by atoms with E-state index in [0.29, 0.717) is 64.2 Å². The number of rotatable bonds is 18. The molecule has 0 amide bonds. The third-order valence-electron chi connectivity index (χ3n) is 27.4. The summed E-state index contributed by atoms with van der Waals surface area (Å²) < 4.78 is 84.5. The molecule has 5 aliphatic carbocycles. The molecule has 7 aliphatic heterocycles. The topological polar surface area (TPSA) is 551 Å². The molecule has 7 heterocycles. The molecular formula is C71H116O35. The number of hydrogen-bond acceptors (Lipinski definition) is 35. The van der Waals surface area contributed by atoms with Gasteiger partial charge in [0.15, 0.2) is 37.7 Å². The smallest absolute Gasteiger partial charge is 0.315 e. The van der Waals surface area contributed by atoms with Crippen molar-refractivity contribution >= 4 is 5.97 Å². The molecule has 35 nitrogen and oxygen atoms in total. The lowest BCUT2D eigenvalue weighted by Crippen LogP contribution is -2.67. The molecule has 35 heteroatoms. The molecule has 12 aliphatic rings. The van der Waals surface area contributed by atoms with Crippen LogP contribution in [-0.4, -0.2) is 356 Å². The molecule has 43 atom stereocenters. The molecule has 7 saturated heterocycles. The van der Waals surface area contributed by atoms with E-state index in [-0.39, 0.29) is 41.8 Å². The number of allylic oxidation sites excluding steroid dienone is 2. The Labute approximate surface area is 613 Å². The summed E-state index contributed by atoms with van der Waals surface area (Å²) in [5.74, 6) is -1.20. The summed E-state index contributed by atoms with van der Waals surface area (Å²) >= 11 is 0. The van der Waals surface area contributed by atoms with E-state index in [9.17, 15) is 102 Å². The number of fused-ring (bicyclic) bond motifs is 7. The predicted octanol–water partition coefficient (Wildman–Crippen LogP) is -5.87. The zero-order valence-corrected chi connectivity index (χ0v) is 61.2. The van der Waals surface area contributed by atoms with E-state index in [1.54, 1.807) is 0 Å². The van der Waals surface area contributed by atoms with Gasteiger partial charge in [0.25, 0.3) is 0 Å². The Hall–Kier alpha value is -2.11. The molecule has 0 aromatic rings. The second-order valence-electron chi connectivity index (χ2n) is 34.1. The fourth-order valence-corrected chi connectivity index (χ4v) is 20.4. The average molecular weight is 1530 g/mol. The number of hydrogen-bond donors (Lipinski definition) is 20. The van der Waals surface area contributed by atoms with Crippen LogP contribution in [0.1, 0.15) is 127 Å². The molecule has 0 bridgehead atoms. The van der Waals surface area contributed by atoms with Crippen LogP contribution in [0.2, 0.25) is 0 Å². The summed E-state index contributed by atoms with van der Waals surface area (Å²) in [5.41, 5.74) is -2.56. The van der Waals surface area contributed by atoms with E-state index in [1.807, 2.05) is 6.92 Å². The highest BCUT2D eigenvalue weighted by Gasteiger charge is 2.71. The van der Waals surface area contributed by atoms with E-state index in [0.717, 1.165) is 5.57 Å². The van der Waals surface area contributed by atoms with Crippen molar-refractivity contribution in [1.82, 2.24) is 0 Å². The summed E-state index contributed by atoms with van der Waals surface area (Å²) in [4.78, 5) is 15.6. The first-order chi connectivity index (χ1) is 49.8. The molecule has 0 aromatic heterocycles. The van der Waals surface area contributed by atoms with Crippen LogP contribution in [0.4, 0.5) is 0 Å². The van der Waals surface area contributed by atoms with Crippen molar-refractivity contribution in [2.75, 3.05) is 33.0 Å². The van der Waals surface area contributed by atoms with Gasteiger partial charge in [0.05, 0.1) is 62.9 Å². The largest absolute Gasteiger partial charge is 0.432 e. The lowest BCUT2D eigenvalue weighted by molar-refractivity contribution is -0.386. The van der Waals surface area contributed by atoms with Crippen LogP contribution in [0.3, 0.4) is 0 Å². The van der Waals surface area contributed by atoms with Crippen LogP contribution in [0, 0.1) is 50.2 Å². The van der Waals surface area contributed by atoms with Crippen molar-refractivity contribution in [2.24, 2.45) is 50.2 Å². The van der Waals surface area contributed by atoms with Gasteiger partial charge in [-0.15, -0.1) is 0 Å². The first-order valence-electron chi connectivity index (χ1n) is 37.5. The number of carbonyl (C=O) groups excluding carboxylic acids is 1. The van der Waals surface area contributed by atoms with Gasteiger partial charge in [0.2, 0.25) is 6.29 Å². The monoisotopic (exact) mass is 1530 g/mol. The lowest BCUT2D eigenvalue weighted by Gasteiger charge is -2.71. The molecule has 12 rings (SSSR count). The fourth-order valence-electron chi connectivity index (χ4n) is 20.4. The van der Waals surface area contributed by atoms with Crippen LogP contribution in [-0.2, 0) is 71.1 Å². The van der Waals surface area contributed by atoms with Crippen LogP contribution in [0.5, 0.6) is 0 Å². The normalized spacial score (nSPS) is 55.5. The standard InChI is InChI=1S/C71H116O35/c1-26-38(76)44(82)48(86)58(95-26)102-54-28(3)97-63(57(52(54)90)105-60-50(88)46(84)42(80)33(22-73)99-60)94-24-34-43(81)47(85)51(89)61(100-34)106-65(92)71-18-16-66(4,5)20-30(71)29-10-11-36-67(6)14-13-37(68(7,25-74)35(67)12-15-70(36,9)69(29,8)17-19-71)101-64-56(40(78)31(75)23-93-64)104-62-53(91)55(39(77)27(2)96-62)103-59-49(87)45(83)41(79)32(21-72)98-59/h10,26-28,30-64,72-91H,11-25H2,1-9H3/t26-,27-,28-,30+,31-,32+,33+,34+,35?,36+,37-,38-,39-,40-,41+,42+,43+,44+,45-,46-,47-,48+,49+,50+,51+,52+,53+,54-,55+,56+,57+,58-,59-,60-,61-,62-,63+,64-,67-,68-,69+,70+,71-/m0/s1. The van der Waals surface area contributed by atoms with Crippen molar-refractivity contribution in [3.63, 3.8) is 0 Å². The zero-order valence-electron chi connectivity index (χ0n) is 61.2. The van der Waals surface area contributed by atoms with Gasteiger partial charge in [-0.2, -0.15) is 0 Å². The van der Waals surface area contributed by atoms with Crippen molar-refractivity contribution in [2.45, 2.75) is 341 Å². The lowest BCUT2D eigenvalue weighted by atomic mass is 9.33. The molecular weight excluding hydrogens is 1410 g/mol. The maximum absolute atomic E-state index is 15.6. The second kappa shape index (κ2) is 31.6. The minimum Gasteiger partial charge on any atom is -0.432 e. The van der Waals surface area contributed by atoms with Gasteiger partial charge in [0, 0.05) is 5.41 Å². The Morgan fingerprint density at radius 1 is 0.453 bits per heavy atom. The van der Waals surface area contributed by atoms with Crippen molar-refractivity contribution in [3.05, 3.63) is 11.6 Å². The van der Waals surface area contributed by atoms with Crippen LogP contribution >= 0.6 is 0 Å². The summed E-state index contributed by atoms with van der Waals surface area (Å²) in [5, 5.41) is 220. The molecule has 106 heavy (non-hydrogen) atoms. The quantitative estimate of drug-likeness (QED) is 0.0345. The van der Waals surface area contributed by atoms with Gasteiger partial charge in [0.1, 0.15) is 146 Å². The number of aliphatic hydroxyl groups is 20. The highest BCUT2D eigenvalue weighted by Crippen LogP contribution is 2.76. The molecule has 0 spiro atoms. The van der Waals surface area contributed by atoms with Gasteiger partial charge < -0.3 is 168 Å². The minimum atomic E-state index is -2.00. The van der Waals surface area contributed by atoms with E-state index < -0.39 is 262 Å². The molecule has 610 valence electrons. The van der Waals surface area contributed by atoms with Gasteiger partial charge in [-0.1, -0.05) is 53.2 Å². The summed E-state index contributed by atoms with van der Waals surface area (Å²) in [6.07, 6.45) is -50.2. The Morgan fingerprint density at radius 2 is 0.953 bits per heavy atom. The molecule has 4 saturated carbocycles. The van der Waals surface area contributed by atoms with Gasteiger partial charge in [-0.05, 0) is 124 Å². The van der Waals surface area contributed by atoms with Gasteiger partial charge in [-0.25, -0.2) is 0 Å². The van der Waals surface area contributed by atoms with Gasteiger partial charge >= 0.3 is 5.97 Å².